The largest absolute Gasteiger partial charge is 0.337 e. The molecule has 2 aromatic rings. The van der Waals surface area contributed by atoms with Crippen molar-refractivity contribution in [2.24, 2.45) is 0 Å². The number of para-hydroxylation sites is 1. The average molecular weight is 361 g/mol. The van der Waals surface area contributed by atoms with Gasteiger partial charge in [0.05, 0.1) is 22.6 Å². The minimum atomic E-state index is 0. The van der Waals surface area contributed by atoms with E-state index in [1.807, 2.05) is 53.8 Å². The fourth-order valence-electron chi connectivity index (χ4n) is 4.06. The summed E-state index contributed by atoms with van der Waals surface area (Å²) in [5.41, 5.74) is 3.49. The minimum absolute atomic E-state index is 0. The predicted octanol–water partition coefficient (Wildman–Crippen LogP) is 2.88. The van der Waals surface area contributed by atoms with E-state index in [1.165, 1.54) is 12.8 Å². The van der Waals surface area contributed by atoms with Gasteiger partial charge in [0.15, 0.2) is 0 Å². The second-order valence-electron chi connectivity index (χ2n) is 6.97. The first-order valence-electron chi connectivity index (χ1n) is 8.80. The summed E-state index contributed by atoms with van der Waals surface area (Å²) in [6.07, 6.45) is 3.47. The van der Waals surface area contributed by atoms with Crippen LogP contribution in [0.25, 0.3) is 5.69 Å². The second kappa shape index (κ2) is 7.18. The van der Waals surface area contributed by atoms with E-state index in [4.69, 9.17) is 0 Å². The molecule has 25 heavy (non-hydrogen) atoms. The second-order valence-corrected chi connectivity index (χ2v) is 6.97. The first kappa shape index (κ1) is 18.0. The molecule has 4 rings (SSSR count). The first-order chi connectivity index (χ1) is 11.6. The Kier molecular flexibility index (Phi) is 5.16. The monoisotopic (exact) mass is 360 g/mol. The van der Waals surface area contributed by atoms with Gasteiger partial charge in [-0.25, -0.2) is 4.68 Å². The molecule has 5 nitrogen and oxygen atoms in total. The zero-order valence-electron chi connectivity index (χ0n) is 14.7. The van der Waals surface area contributed by atoms with E-state index in [-0.39, 0.29) is 18.3 Å². The number of hydrogen-bond acceptors (Lipinski definition) is 3. The molecule has 2 aliphatic heterocycles. The highest BCUT2D eigenvalue weighted by atomic mass is 35.5. The SMILES string of the molecule is Cc1nn(-c2ccccc2)c(C)c1C(=O)N1CCC2CCC(C1)N2.Cl. The predicted molar refractivity (Wildman–Crippen MR) is 101 cm³/mol. The molecule has 2 atom stereocenters. The molecule has 134 valence electrons. The van der Waals surface area contributed by atoms with Gasteiger partial charge in [-0.15, -0.1) is 12.4 Å². The standard InChI is InChI=1S/C19H24N4O.ClH/c1-13-18(14(2)23(21-13)17-6-4-3-5-7-17)19(24)22-11-10-15-8-9-16(12-22)20-15;/h3-7,15-16,20H,8-12H2,1-2H3;1H. The van der Waals surface area contributed by atoms with Gasteiger partial charge in [-0.1, -0.05) is 18.2 Å². The number of aryl methyl sites for hydroxylation is 1. The molecule has 1 amide bonds. The van der Waals surface area contributed by atoms with Crippen LogP contribution in [0.5, 0.6) is 0 Å². The van der Waals surface area contributed by atoms with Crippen molar-refractivity contribution in [3.63, 3.8) is 0 Å². The van der Waals surface area contributed by atoms with E-state index in [0.717, 1.165) is 42.1 Å². The van der Waals surface area contributed by atoms with E-state index < -0.39 is 0 Å². The van der Waals surface area contributed by atoms with Crippen molar-refractivity contribution in [1.82, 2.24) is 20.0 Å². The van der Waals surface area contributed by atoms with Crippen molar-refractivity contribution >= 4 is 18.3 Å². The number of carbonyl (C=O) groups is 1. The molecule has 2 unspecified atom stereocenters. The summed E-state index contributed by atoms with van der Waals surface area (Å²) in [5, 5.41) is 8.26. The van der Waals surface area contributed by atoms with E-state index in [0.29, 0.717) is 12.1 Å². The zero-order chi connectivity index (χ0) is 16.7. The Balaban J connectivity index is 0.00000182. The van der Waals surface area contributed by atoms with E-state index in [1.54, 1.807) is 0 Å². The summed E-state index contributed by atoms with van der Waals surface area (Å²) in [6, 6.07) is 11.0. The van der Waals surface area contributed by atoms with Crippen LogP contribution in [0.3, 0.4) is 0 Å². The van der Waals surface area contributed by atoms with Gasteiger partial charge in [0.25, 0.3) is 5.91 Å². The summed E-state index contributed by atoms with van der Waals surface area (Å²) < 4.78 is 1.88. The number of fused-ring (bicyclic) bond motifs is 2. The fraction of sp³-hybridized carbons (Fsp3) is 0.474. The van der Waals surface area contributed by atoms with Crippen molar-refractivity contribution in [2.45, 2.75) is 45.2 Å². The quantitative estimate of drug-likeness (QED) is 0.895. The smallest absolute Gasteiger partial charge is 0.257 e. The number of aromatic nitrogens is 2. The Bertz CT molecular complexity index is 758. The summed E-state index contributed by atoms with van der Waals surface area (Å²) in [7, 11) is 0. The molecule has 2 bridgehead atoms. The molecule has 0 radical (unpaired) electrons. The maximum atomic E-state index is 13.2. The molecule has 3 heterocycles. The van der Waals surface area contributed by atoms with Crippen LogP contribution in [-0.4, -0.2) is 45.8 Å². The van der Waals surface area contributed by atoms with Crippen molar-refractivity contribution in [1.29, 1.82) is 0 Å². The third-order valence-corrected chi connectivity index (χ3v) is 5.32. The van der Waals surface area contributed by atoms with Crippen LogP contribution >= 0.6 is 12.4 Å². The third-order valence-electron chi connectivity index (χ3n) is 5.32. The summed E-state index contributed by atoms with van der Waals surface area (Å²) in [5.74, 6) is 0.126. The highest BCUT2D eigenvalue weighted by molar-refractivity contribution is 5.96. The molecule has 1 aromatic carbocycles. The number of nitrogens with one attached hydrogen (secondary N) is 1. The zero-order valence-corrected chi connectivity index (χ0v) is 15.6. The Morgan fingerprint density at radius 2 is 1.84 bits per heavy atom. The van der Waals surface area contributed by atoms with Gasteiger partial charge in [0.2, 0.25) is 0 Å². The summed E-state index contributed by atoms with van der Waals surface area (Å²) >= 11 is 0. The van der Waals surface area contributed by atoms with Crippen LogP contribution in [0.1, 0.15) is 41.0 Å². The van der Waals surface area contributed by atoms with Crippen molar-refractivity contribution in [3.05, 3.63) is 47.3 Å². The van der Waals surface area contributed by atoms with Crippen LogP contribution < -0.4 is 5.32 Å². The van der Waals surface area contributed by atoms with E-state index in [2.05, 4.69) is 10.4 Å². The third kappa shape index (κ3) is 3.31. The molecule has 2 saturated heterocycles. The topological polar surface area (TPSA) is 50.2 Å². The lowest BCUT2D eigenvalue weighted by molar-refractivity contribution is 0.0746. The summed E-state index contributed by atoms with van der Waals surface area (Å²) in [4.78, 5) is 15.2. The van der Waals surface area contributed by atoms with Gasteiger partial charge in [0.1, 0.15) is 0 Å². The van der Waals surface area contributed by atoms with Gasteiger partial charge in [-0.05, 0) is 45.2 Å². The molecule has 0 spiro atoms. The van der Waals surface area contributed by atoms with Crippen LogP contribution in [0.15, 0.2) is 30.3 Å². The fourth-order valence-corrected chi connectivity index (χ4v) is 4.06. The first-order valence-corrected chi connectivity index (χ1v) is 8.80. The maximum absolute atomic E-state index is 13.2. The highest BCUT2D eigenvalue weighted by Gasteiger charge is 2.33. The average Bonchev–Trinajstić information content (AvgIpc) is 3.06. The highest BCUT2D eigenvalue weighted by Crippen LogP contribution is 2.24. The van der Waals surface area contributed by atoms with E-state index >= 15 is 0 Å². The number of rotatable bonds is 2. The Labute approximate surface area is 154 Å². The van der Waals surface area contributed by atoms with Crippen LogP contribution in [0.4, 0.5) is 0 Å². The van der Waals surface area contributed by atoms with Gasteiger partial charge >= 0.3 is 0 Å². The van der Waals surface area contributed by atoms with E-state index in [9.17, 15) is 4.79 Å². The molecular formula is C19H25ClN4O. The Morgan fingerprint density at radius 3 is 2.60 bits per heavy atom. The molecule has 1 aromatic heterocycles. The van der Waals surface area contributed by atoms with Crippen molar-refractivity contribution < 1.29 is 4.79 Å². The number of halogens is 1. The van der Waals surface area contributed by atoms with Gasteiger partial charge < -0.3 is 10.2 Å². The number of amides is 1. The van der Waals surface area contributed by atoms with Crippen molar-refractivity contribution in [2.75, 3.05) is 13.1 Å². The number of benzene rings is 1. The van der Waals surface area contributed by atoms with Crippen LogP contribution in [0.2, 0.25) is 0 Å². The number of carbonyl (C=O) groups excluding carboxylic acids is 1. The molecule has 0 aliphatic carbocycles. The molecule has 6 heteroatoms. The lowest BCUT2D eigenvalue weighted by Crippen LogP contribution is -2.39. The minimum Gasteiger partial charge on any atom is -0.337 e. The Hall–Kier alpha value is -1.85. The molecule has 0 saturated carbocycles. The number of likely N-dealkylation sites (tertiary alicyclic amines) is 1. The molecule has 1 N–H and O–H groups in total. The Morgan fingerprint density at radius 1 is 1.12 bits per heavy atom. The number of nitrogens with zero attached hydrogens (tertiary/aromatic N) is 3. The number of hydrogen-bond donors (Lipinski definition) is 1. The van der Waals surface area contributed by atoms with Gasteiger partial charge in [0, 0.05) is 25.2 Å². The lowest BCUT2D eigenvalue weighted by Gasteiger charge is -2.24. The summed E-state index contributed by atoms with van der Waals surface area (Å²) in [6.45, 7) is 5.57. The lowest BCUT2D eigenvalue weighted by atomic mass is 10.1. The molecular weight excluding hydrogens is 336 g/mol. The normalized spacial score (nSPS) is 22.4. The molecule has 2 fully saturated rings. The van der Waals surface area contributed by atoms with Gasteiger partial charge in [-0.3, -0.25) is 4.79 Å². The van der Waals surface area contributed by atoms with Gasteiger partial charge in [-0.2, -0.15) is 5.10 Å². The van der Waals surface area contributed by atoms with Crippen LogP contribution in [-0.2, 0) is 0 Å². The van der Waals surface area contributed by atoms with Crippen LogP contribution in [0, 0.1) is 13.8 Å². The van der Waals surface area contributed by atoms with Crippen molar-refractivity contribution in [3.8, 4) is 5.69 Å². The maximum Gasteiger partial charge on any atom is 0.257 e. The molecule has 2 aliphatic rings.